The monoisotopic (exact) mass is 559 g/mol. The first-order valence-electron chi connectivity index (χ1n) is 11.4. The van der Waals surface area contributed by atoms with Crippen molar-refractivity contribution in [1.82, 2.24) is 9.55 Å². The van der Waals surface area contributed by atoms with Crippen molar-refractivity contribution >= 4 is 33.0 Å². The lowest BCUT2D eigenvalue weighted by Crippen LogP contribution is -2.13. The van der Waals surface area contributed by atoms with Gasteiger partial charge in [-0.3, -0.25) is 4.57 Å². The van der Waals surface area contributed by atoms with E-state index in [-0.39, 0.29) is 21.3 Å². The third-order valence-corrected chi connectivity index (χ3v) is 7.93. The van der Waals surface area contributed by atoms with E-state index in [4.69, 9.17) is 23.2 Å². The van der Waals surface area contributed by atoms with Gasteiger partial charge < -0.3 is 0 Å². The summed E-state index contributed by atoms with van der Waals surface area (Å²) in [6.45, 7) is 5.10. The number of sulfone groups is 1. The van der Waals surface area contributed by atoms with Gasteiger partial charge >= 0.3 is 0 Å². The number of nitroso groups, excluding NO2 is 1. The van der Waals surface area contributed by atoms with Crippen LogP contribution in [0.1, 0.15) is 32.0 Å². The Bertz CT molecular complexity index is 1610. The molecule has 1 aromatic heterocycles. The van der Waals surface area contributed by atoms with Crippen molar-refractivity contribution in [3.63, 3.8) is 0 Å². The highest BCUT2D eigenvalue weighted by Gasteiger charge is 2.29. The minimum Gasteiger partial charge on any atom is -0.298 e. The minimum atomic E-state index is -3.42. The average molecular weight is 560 g/mol. The molecule has 0 amide bonds. The van der Waals surface area contributed by atoms with Gasteiger partial charge in [-0.25, -0.2) is 17.8 Å². The molecule has 4 rings (SSSR count). The fourth-order valence-corrected chi connectivity index (χ4v) is 5.60. The number of aromatic nitrogens is 2. The summed E-state index contributed by atoms with van der Waals surface area (Å²) in [7, 11) is -3.42. The first-order valence-corrected chi connectivity index (χ1v) is 14.0. The van der Waals surface area contributed by atoms with Gasteiger partial charge in [-0.1, -0.05) is 59.6 Å². The summed E-state index contributed by atoms with van der Waals surface area (Å²) in [5.74, 6) is -0.420. The van der Waals surface area contributed by atoms with Gasteiger partial charge in [0.2, 0.25) is 0 Å². The van der Waals surface area contributed by atoms with E-state index in [0.29, 0.717) is 34.0 Å². The minimum absolute atomic E-state index is 0.0604. The Morgan fingerprint density at radius 3 is 2.30 bits per heavy atom. The molecule has 0 unspecified atom stereocenters. The second kappa shape index (κ2) is 10.0. The van der Waals surface area contributed by atoms with E-state index in [0.717, 1.165) is 5.56 Å². The fourth-order valence-electron chi connectivity index (χ4n) is 4.05. The number of nitrogens with zero attached hydrogens (tertiary/aromatic N) is 3. The lowest BCUT2D eigenvalue weighted by atomic mass is 10.0. The van der Waals surface area contributed by atoms with Crippen LogP contribution in [0.3, 0.4) is 0 Å². The fraction of sp³-hybridized carbons (Fsp3) is 0.222. The van der Waals surface area contributed by atoms with Gasteiger partial charge in [0.05, 0.1) is 31.9 Å². The molecule has 0 saturated heterocycles. The van der Waals surface area contributed by atoms with Crippen LogP contribution in [0.15, 0.2) is 70.9 Å². The van der Waals surface area contributed by atoms with Crippen LogP contribution in [0.4, 0.5) is 4.39 Å². The highest BCUT2D eigenvalue weighted by Crippen LogP contribution is 2.37. The van der Waals surface area contributed by atoms with Crippen molar-refractivity contribution in [2.75, 3.05) is 6.26 Å². The maximum atomic E-state index is 14.9. The van der Waals surface area contributed by atoms with Crippen LogP contribution in [-0.4, -0.2) is 24.2 Å². The van der Waals surface area contributed by atoms with Crippen molar-refractivity contribution in [2.45, 2.75) is 37.6 Å². The molecular formula is C27H24Cl2FN3O3S. The van der Waals surface area contributed by atoms with Crippen LogP contribution in [0.2, 0.25) is 10.0 Å². The summed E-state index contributed by atoms with van der Waals surface area (Å²) in [5.41, 5.74) is 1.76. The Morgan fingerprint density at radius 2 is 1.70 bits per heavy atom. The summed E-state index contributed by atoms with van der Waals surface area (Å²) in [4.78, 5) is 16.3. The third-order valence-electron chi connectivity index (χ3n) is 6.14. The second-order valence-electron chi connectivity index (χ2n) is 9.18. The SMILES string of the molecule is CCc1ccc(-c2ccc(-n3cc(C(C)(C)N=O)nc3-c3c(F)cccc3Cl)c(Cl)c2)cc1S(C)(=O)=O. The summed E-state index contributed by atoms with van der Waals surface area (Å²) >= 11 is 13.1. The van der Waals surface area contributed by atoms with E-state index in [9.17, 15) is 17.7 Å². The zero-order chi connectivity index (χ0) is 27.1. The van der Waals surface area contributed by atoms with Crippen molar-refractivity contribution < 1.29 is 12.8 Å². The van der Waals surface area contributed by atoms with Gasteiger partial charge in [-0.2, -0.15) is 0 Å². The van der Waals surface area contributed by atoms with Crippen LogP contribution < -0.4 is 0 Å². The van der Waals surface area contributed by atoms with E-state index in [1.165, 1.54) is 18.4 Å². The Kier molecular flexibility index (Phi) is 7.29. The van der Waals surface area contributed by atoms with E-state index in [1.54, 1.807) is 61.0 Å². The number of hydrogen-bond acceptors (Lipinski definition) is 5. The molecule has 0 radical (unpaired) electrons. The number of benzene rings is 3. The smallest absolute Gasteiger partial charge is 0.175 e. The molecular weight excluding hydrogens is 536 g/mol. The van der Waals surface area contributed by atoms with Crippen LogP contribution in [0.5, 0.6) is 0 Å². The first kappa shape index (κ1) is 27.0. The molecule has 0 spiro atoms. The van der Waals surface area contributed by atoms with Gasteiger partial charge in [0, 0.05) is 12.5 Å². The molecule has 10 heteroatoms. The van der Waals surface area contributed by atoms with Crippen molar-refractivity contribution in [3.8, 4) is 28.2 Å². The number of halogens is 3. The summed E-state index contributed by atoms with van der Waals surface area (Å²) in [6, 6.07) is 14.8. The second-order valence-corrected chi connectivity index (χ2v) is 12.0. The summed E-state index contributed by atoms with van der Waals surface area (Å²) in [5, 5.41) is 3.61. The Labute approximate surface area is 225 Å². The zero-order valence-electron chi connectivity index (χ0n) is 20.6. The van der Waals surface area contributed by atoms with Gasteiger partial charge in [-0.15, -0.1) is 4.91 Å². The van der Waals surface area contributed by atoms with Crippen LogP contribution in [0, 0.1) is 10.7 Å². The van der Waals surface area contributed by atoms with Crippen molar-refractivity contribution in [1.29, 1.82) is 0 Å². The molecule has 4 aromatic rings. The molecule has 0 aliphatic rings. The van der Waals surface area contributed by atoms with E-state index in [2.05, 4.69) is 10.2 Å². The third kappa shape index (κ3) is 5.19. The lowest BCUT2D eigenvalue weighted by Gasteiger charge is -2.14. The molecule has 0 aliphatic carbocycles. The zero-order valence-corrected chi connectivity index (χ0v) is 22.9. The molecule has 3 aromatic carbocycles. The molecule has 6 nitrogen and oxygen atoms in total. The molecule has 37 heavy (non-hydrogen) atoms. The maximum Gasteiger partial charge on any atom is 0.175 e. The number of imidazole rings is 1. The van der Waals surface area contributed by atoms with Gasteiger partial charge in [-0.05, 0) is 67.3 Å². The summed E-state index contributed by atoms with van der Waals surface area (Å²) in [6.07, 6.45) is 3.35. The predicted molar refractivity (Wildman–Crippen MR) is 146 cm³/mol. The molecule has 1 heterocycles. The molecule has 0 N–H and O–H groups in total. The Morgan fingerprint density at radius 1 is 1.03 bits per heavy atom. The lowest BCUT2D eigenvalue weighted by molar-refractivity contribution is 0.536. The Hall–Kier alpha value is -3.07. The number of hydrogen-bond donors (Lipinski definition) is 0. The van der Waals surface area contributed by atoms with E-state index < -0.39 is 21.2 Å². The molecule has 0 fully saturated rings. The molecule has 192 valence electrons. The van der Waals surface area contributed by atoms with Crippen LogP contribution >= 0.6 is 23.2 Å². The van der Waals surface area contributed by atoms with Crippen LogP contribution in [0.25, 0.3) is 28.2 Å². The largest absolute Gasteiger partial charge is 0.298 e. The van der Waals surface area contributed by atoms with Crippen molar-refractivity contribution in [3.05, 3.63) is 92.8 Å². The quantitative estimate of drug-likeness (QED) is 0.218. The number of aryl methyl sites for hydroxylation is 1. The average Bonchev–Trinajstić information content (AvgIpc) is 3.28. The normalized spacial score (nSPS) is 12.1. The topological polar surface area (TPSA) is 81.4 Å². The highest BCUT2D eigenvalue weighted by molar-refractivity contribution is 7.90. The maximum absolute atomic E-state index is 14.9. The van der Waals surface area contributed by atoms with Crippen molar-refractivity contribution in [2.24, 2.45) is 5.18 Å². The molecule has 0 saturated carbocycles. The number of rotatable bonds is 7. The van der Waals surface area contributed by atoms with Crippen LogP contribution in [-0.2, 0) is 21.8 Å². The Balaban J connectivity index is 1.90. The van der Waals surface area contributed by atoms with Gasteiger partial charge in [0.1, 0.15) is 17.2 Å². The summed E-state index contributed by atoms with van der Waals surface area (Å²) < 4.78 is 41.1. The van der Waals surface area contributed by atoms with Gasteiger partial charge in [0.15, 0.2) is 9.84 Å². The molecule has 0 bridgehead atoms. The standard InChI is InChI=1S/C27H24Cl2FN3O3S/c1-5-16-9-10-18(14-23(16)37(4,35)36)17-11-12-22(20(29)13-17)33-15-24(27(2,3)32-34)31-26(33)25-19(28)7-6-8-21(25)30/h6-15H,5H2,1-4H3. The van der Waals surface area contributed by atoms with E-state index in [1.807, 2.05) is 13.0 Å². The van der Waals surface area contributed by atoms with Gasteiger partial charge in [0.25, 0.3) is 0 Å². The van der Waals surface area contributed by atoms with E-state index >= 15 is 0 Å². The highest BCUT2D eigenvalue weighted by atomic mass is 35.5. The first-order chi connectivity index (χ1) is 17.4. The predicted octanol–water partition coefficient (Wildman–Crippen LogP) is 7.62. The molecule has 0 aliphatic heterocycles. The molecule has 0 atom stereocenters.